The largest absolute Gasteiger partial charge is 0.324 e. The van der Waals surface area contributed by atoms with Gasteiger partial charge >= 0.3 is 0 Å². The van der Waals surface area contributed by atoms with Crippen LogP contribution >= 0.6 is 0 Å². The molecule has 3 rings (SSSR count). The number of hydrogen-bond acceptors (Lipinski definition) is 3. The minimum absolute atomic E-state index is 0.452. The Hall–Kier alpha value is -1.68. The average molecular weight is 256 g/mol. The maximum absolute atomic E-state index is 5.78. The summed E-state index contributed by atoms with van der Waals surface area (Å²) in [7, 11) is 0. The molecule has 0 atom stereocenters. The Morgan fingerprint density at radius 3 is 2.32 bits per heavy atom. The van der Waals surface area contributed by atoms with Gasteiger partial charge in [0.2, 0.25) is 0 Å². The fourth-order valence-electron chi connectivity index (χ4n) is 2.88. The fourth-order valence-corrected chi connectivity index (χ4v) is 2.88. The van der Waals surface area contributed by atoms with Crippen molar-refractivity contribution in [2.75, 3.05) is 0 Å². The molecule has 1 heterocycles. The van der Waals surface area contributed by atoms with E-state index < -0.39 is 0 Å². The van der Waals surface area contributed by atoms with E-state index in [1.165, 1.54) is 35.1 Å². The maximum Gasteiger partial charge on any atom is 0.164 e. The highest BCUT2D eigenvalue weighted by Gasteiger charge is 2.30. The van der Waals surface area contributed by atoms with Crippen LogP contribution in [0.5, 0.6) is 0 Å². The van der Waals surface area contributed by atoms with E-state index in [4.69, 9.17) is 5.73 Å². The van der Waals surface area contributed by atoms with Gasteiger partial charge in [-0.15, -0.1) is 10.2 Å². The molecule has 0 radical (unpaired) electrons. The quantitative estimate of drug-likeness (QED) is 0.918. The number of nitrogens with two attached hydrogens (primary N) is 1. The van der Waals surface area contributed by atoms with Crippen LogP contribution in [0.1, 0.15) is 41.4 Å². The van der Waals surface area contributed by atoms with Crippen LogP contribution in [-0.2, 0) is 6.54 Å². The zero-order valence-corrected chi connectivity index (χ0v) is 11.8. The summed E-state index contributed by atoms with van der Waals surface area (Å²) in [5.74, 6) is 1.88. The van der Waals surface area contributed by atoms with Gasteiger partial charge in [0.05, 0.1) is 6.54 Å². The van der Waals surface area contributed by atoms with Gasteiger partial charge in [0, 0.05) is 11.6 Å². The Labute approximate surface area is 113 Å². The molecule has 0 unspecified atom stereocenters. The second kappa shape index (κ2) is 4.46. The first-order valence-corrected chi connectivity index (χ1v) is 6.84. The van der Waals surface area contributed by atoms with Gasteiger partial charge in [-0.05, 0) is 44.7 Å². The molecule has 0 saturated heterocycles. The lowest BCUT2D eigenvalue weighted by molar-refractivity contribution is 0.687. The molecule has 1 fully saturated rings. The van der Waals surface area contributed by atoms with Gasteiger partial charge in [0.1, 0.15) is 5.82 Å². The van der Waals surface area contributed by atoms with Gasteiger partial charge in [0.15, 0.2) is 5.82 Å². The molecule has 1 aliphatic carbocycles. The number of nitrogens with zero attached hydrogens (tertiary/aromatic N) is 3. The van der Waals surface area contributed by atoms with Crippen molar-refractivity contribution in [2.24, 2.45) is 5.73 Å². The second-order valence-corrected chi connectivity index (χ2v) is 5.52. The van der Waals surface area contributed by atoms with E-state index in [9.17, 15) is 0 Å². The first kappa shape index (κ1) is 12.4. The molecule has 1 aromatic heterocycles. The van der Waals surface area contributed by atoms with Crippen LogP contribution in [0.25, 0.3) is 11.4 Å². The van der Waals surface area contributed by atoms with Crippen LogP contribution in [0.4, 0.5) is 0 Å². The molecule has 19 heavy (non-hydrogen) atoms. The normalized spacial score (nSPS) is 14.9. The number of benzene rings is 1. The molecule has 100 valence electrons. The Morgan fingerprint density at radius 2 is 1.79 bits per heavy atom. The smallest absolute Gasteiger partial charge is 0.164 e. The van der Waals surface area contributed by atoms with E-state index in [2.05, 4.69) is 47.7 Å². The zero-order valence-electron chi connectivity index (χ0n) is 11.8. The molecule has 1 aromatic carbocycles. The molecular weight excluding hydrogens is 236 g/mol. The Bertz CT molecular complexity index is 600. The summed E-state index contributed by atoms with van der Waals surface area (Å²) in [5, 5.41) is 8.67. The lowest BCUT2D eigenvalue weighted by Gasteiger charge is -2.13. The summed E-state index contributed by atoms with van der Waals surface area (Å²) in [6.07, 6.45) is 2.42. The minimum atomic E-state index is 0.452. The maximum atomic E-state index is 5.78. The molecule has 1 aliphatic rings. The van der Waals surface area contributed by atoms with Crippen LogP contribution in [0, 0.1) is 20.8 Å². The molecule has 4 heteroatoms. The standard InChI is InChI=1S/C15H20N4/c1-9-6-10(2)14(11(3)7-9)15-18-17-13(8-16)19(15)12-4-5-12/h6-7,12H,4-5,8,16H2,1-3H3. The predicted molar refractivity (Wildman–Crippen MR) is 75.8 cm³/mol. The third-order valence-corrected chi connectivity index (χ3v) is 3.76. The summed E-state index contributed by atoms with van der Waals surface area (Å²) in [4.78, 5) is 0. The minimum Gasteiger partial charge on any atom is -0.324 e. The Kier molecular flexibility index (Phi) is 2.90. The van der Waals surface area contributed by atoms with Gasteiger partial charge in [0.25, 0.3) is 0 Å². The van der Waals surface area contributed by atoms with Crippen LogP contribution in [0.3, 0.4) is 0 Å². The van der Waals surface area contributed by atoms with Gasteiger partial charge in [-0.25, -0.2) is 0 Å². The Balaban J connectivity index is 2.20. The summed E-state index contributed by atoms with van der Waals surface area (Å²) in [6, 6.07) is 4.95. The van der Waals surface area contributed by atoms with Crippen LogP contribution < -0.4 is 5.73 Å². The topological polar surface area (TPSA) is 56.7 Å². The monoisotopic (exact) mass is 256 g/mol. The first-order valence-electron chi connectivity index (χ1n) is 6.84. The lowest BCUT2D eigenvalue weighted by atomic mass is 9.99. The number of aromatic nitrogens is 3. The Morgan fingerprint density at radius 1 is 1.16 bits per heavy atom. The van der Waals surface area contributed by atoms with Crippen LogP contribution in [0.15, 0.2) is 12.1 Å². The molecule has 0 aliphatic heterocycles. The third-order valence-electron chi connectivity index (χ3n) is 3.76. The van der Waals surface area contributed by atoms with Gasteiger partial charge < -0.3 is 10.3 Å². The molecule has 2 aromatic rings. The van der Waals surface area contributed by atoms with E-state index in [1.807, 2.05) is 0 Å². The van der Waals surface area contributed by atoms with Crippen molar-refractivity contribution >= 4 is 0 Å². The van der Waals surface area contributed by atoms with Crippen molar-refractivity contribution in [3.63, 3.8) is 0 Å². The number of aryl methyl sites for hydroxylation is 3. The average Bonchev–Trinajstić information content (AvgIpc) is 3.09. The molecule has 1 saturated carbocycles. The van der Waals surface area contributed by atoms with E-state index in [0.717, 1.165) is 11.6 Å². The van der Waals surface area contributed by atoms with Crippen LogP contribution in [0.2, 0.25) is 0 Å². The first-order chi connectivity index (χ1) is 9.11. The van der Waals surface area contributed by atoms with Crippen LogP contribution in [-0.4, -0.2) is 14.8 Å². The van der Waals surface area contributed by atoms with Crippen molar-refractivity contribution in [2.45, 2.75) is 46.2 Å². The lowest BCUT2D eigenvalue weighted by Crippen LogP contribution is -2.09. The third kappa shape index (κ3) is 2.06. The highest BCUT2D eigenvalue weighted by molar-refractivity contribution is 5.66. The van der Waals surface area contributed by atoms with Crippen molar-refractivity contribution in [3.05, 3.63) is 34.6 Å². The summed E-state index contributed by atoms with van der Waals surface area (Å²) in [5.41, 5.74) is 10.8. The van der Waals surface area contributed by atoms with Crippen molar-refractivity contribution in [1.29, 1.82) is 0 Å². The SMILES string of the molecule is Cc1cc(C)c(-c2nnc(CN)n2C2CC2)c(C)c1. The van der Waals surface area contributed by atoms with E-state index in [-0.39, 0.29) is 0 Å². The van der Waals surface area contributed by atoms with Crippen molar-refractivity contribution in [3.8, 4) is 11.4 Å². The van der Waals surface area contributed by atoms with Crippen molar-refractivity contribution in [1.82, 2.24) is 14.8 Å². The highest BCUT2D eigenvalue weighted by Crippen LogP contribution is 2.40. The molecule has 2 N–H and O–H groups in total. The molecule has 0 bridgehead atoms. The summed E-state index contributed by atoms with van der Waals surface area (Å²) in [6.45, 7) is 6.86. The zero-order chi connectivity index (χ0) is 13.6. The predicted octanol–water partition coefficient (Wildman–Crippen LogP) is 2.66. The number of hydrogen-bond donors (Lipinski definition) is 1. The van der Waals surface area contributed by atoms with Crippen molar-refractivity contribution < 1.29 is 0 Å². The van der Waals surface area contributed by atoms with Gasteiger partial charge in [-0.1, -0.05) is 17.7 Å². The molecule has 4 nitrogen and oxygen atoms in total. The number of rotatable bonds is 3. The highest BCUT2D eigenvalue weighted by atomic mass is 15.3. The second-order valence-electron chi connectivity index (χ2n) is 5.52. The van der Waals surface area contributed by atoms with E-state index in [0.29, 0.717) is 12.6 Å². The van der Waals surface area contributed by atoms with Gasteiger partial charge in [-0.2, -0.15) is 0 Å². The summed E-state index contributed by atoms with van der Waals surface area (Å²) >= 11 is 0. The summed E-state index contributed by atoms with van der Waals surface area (Å²) < 4.78 is 2.24. The molecule has 0 spiro atoms. The fraction of sp³-hybridized carbons (Fsp3) is 0.467. The molecular formula is C15H20N4. The van der Waals surface area contributed by atoms with E-state index in [1.54, 1.807) is 0 Å². The van der Waals surface area contributed by atoms with Gasteiger partial charge in [-0.3, -0.25) is 0 Å². The molecule has 0 amide bonds. The van der Waals surface area contributed by atoms with E-state index >= 15 is 0 Å².